The molecule has 0 saturated carbocycles. The van der Waals surface area contributed by atoms with Gasteiger partial charge < -0.3 is 15.2 Å². The van der Waals surface area contributed by atoms with E-state index in [0.29, 0.717) is 11.3 Å². The Morgan fingerprint density at radius 3 is 2.46 bits per heavy atom. The number of carbonyl (C=O) groups excluding carboxylic acids is 1. The van der Waals surface area contributed by atoms with Crippen LogP contribution in [0.4, 0.5) is 5.69 Å². The Bertz CT molecular complexity index is 838. The highest BCUT2D eigenvalue weighted by molar-refractivity contribution is 6.32. The predicted molar refractivity (Wildman–Crippen MR) is 93.6 cm³/mol. The number of ether oxygens (including phenoxy) is 1. The number of hydrogen-bond acceptors (Lipinski definition) is 5. The van der Waals surface area contributed by atoms with Crippen LogP contribution in [0.15, 0.2) is 42.5 Å². The molecule has 0 aliphatic heterocycles. The van der Waals surface area contributed by atoms with Gasteiger partial charge in [-0.05, 0) is 29.8 Å². The molecule has 0 spiro atoms. The van der Waals surface area contributed by atoms with Crippen LogP contribution in [0, 0.1) is 10.1 Å². The first kappa shape index (κ1) is 19.2. The van der Waals surface area contributed by atoms with Crippen molar-refractivity contribution in [3.63, 3.8) is 0 Å². The number of carbonyl (C=O) groups is 2. The maximum absolute atomic E-state index is 12.4. The number of nitro benzene ring substituents is 1. The molecule has 1 atom stereocenters. The number of nitrogens with zero attached hydrogens (tertiary/aromatic N) is 1. The molecule has 8 nitrogen and oxygen atoms in total. The van der Waals surface area contributed by atoms with Crippen LogP contribution in [0.5, 0.6) is 5.75 Å². The minimum atomic E-state index is -1.10. The van der Waals surface area contributed by atoms with Crippen LogP contribution in [-0.2, 0) is 4.79 Å². The summed E-state index contributed by atoms with van der Waals surface area (Å²) in [6.45, 7) is 0. The van der Waals surface area contributed by atoms with Gasteiger partial charge in [-0.3, -0.25) is 19.7 Å². The molecule has 2 N–H and O–H groups in total. The Morgan fingerprint density at radius 1 is 1.27 bits per heavy atom. The zero-order chi connectivity index (χ0) is 19.3. The number of methoxy groups -OCH3 is 1. The van der Waals surface area contributed by atoms with E-state index >= 15 is 0 Å². The van der Waals surface area contributed by atoms with Gasteiger partial charge in [0.1, 0.15) is 10.8 Å². The van der Waals surface area contributed by atoms with Gasteiger partial charge in [-0.2, -0.15) is 0 Å². The van der Waals surface area contributed by atoms with Crippen molar-refractivity contribution < 1.29 is 24.4 Å². The normalized spacial score (nSPS) is 11.5. The van der Waals surface area contributed by atoms with Gasteiger partial charge in [-0.15, -0.1) is 0 Å². The second-order valence-electron chi connectivity index (χ2n) is 5.32. The molecule has 2 aromatic carbocycles. The van der Waals surface area contributed by atoms with Crippen molar-refractivity contribution in [1.82, 2.24) is 5.32 Å². The molecule has 0 heterocycles. The molecule has 2 rings (SSSR count). The van der Waals surface area contributed by atoms with Crippen molar-refractivity contribution in [2.75, 3.05) is 7.11 Å². The van der Waals surface area contributed by atoms with E-state index in [1.165, 1.54) is 19.2 Å². The lowest BCUT2D eigenvalue weighted by atomic mass is 10.0. The summed E-state index contributed by atoms with van der Waals surface area (Å²) in [5.74, 6) is -1.16. The Labute approximate surface area is 153 Å². The molecule has 0 aliphatic carbocycles. The number of nitrogens with one attached hydrogen (secondary N) is 1. The number of benzene rings is 2. The molecule has 9 heteroatoms. The van der Waals surface area contributed by atoms with E-state index in [9.17, 15) is 19.7 Å². The molecule has 0 fully saturated rings. The van der Waals surface area contributed by atoms with Crippen molar-refractivity contribution in [2.24, 2.45) is 0 Å². The van der Waals surface area contributed by atoms with Crippen molar-refractivity contribution >= 4 is 29.2 Å². The van der Waals surface area contributed by atoms with Crippen LogP contribution in [-0.4, -0.2) is 29.0 Å². The smallest absolute Gasteiger partial charge is 0.305 e. The van der Waals surface area contributed by atoms with Crippen LogP contribution in [0.25, 0.3) is 0 Å². The maximum atomic E-state index is 12.4. The number of nitro groups is 1. The Balaban J connectivity index is 2.27. The predicted octanol–water partition coefficient (Wildman–Crippen LogP) is 3.20. The third-order valence-electron chi connectivity index (χ3n) is 3.61. The molecule has 26 heavy (non-hydrogen) atoms. The fourth-order valence-electron chi connectivity index (χ4n) is 2.30. The second kappa shape index (κ2) is 8.30. The SMILES string of the molecule is COc1ccc(C(CC(=O)O)NC(=O)c2ccc(Cl)c([N+](=O)[O-])c2)cc1. The van der Waals surface area contributed by atoms with Crippen molar-refractivity contribution in [3.8, 4) is 5.75 Å². The number of rotatable bonds is 7. The average molecular weight is 379 g/mol. The third-order valence-corrected chi connectivity index (χ3v) is 3.93. The summed E-state index contributed by atoms with van der Waals surface area (Å²) < 4.78 is 5.05. The Hall–Kier alpha value is -3.13. The molecule has 0 saturated heterocycles. The molecule has 2 aromatic rings. The minimum Gasteiger partial charge on any atom is -0.497 e. The van der Waals surface area contributed by atoms with E-state index in [2.05, 4.69) is 5.32 Å². The molecule has 1 unspecified atom stereocenters. The average Bonchev–Trinajstić information content (AvgIpc) is 2.61. The maximum Gasteiger partial charge on any atom is 0.305 e. The van der Waals surface area contributed by atoms with Gasteiger partial charge in [0.15, 0.2) is 0 Å². The van der Waals surface area contributed by atoms with Crippen LogP contribution < -0.4 is 10.1 Å². The standard InChI is InChI=1S/C17H15ClN2O6/c1-26-12-5-2-10(3-6-12)14(9-16(21)22)19-17(23)11-4-7-13(18)15(8-11)20(24)25/h2-8,14H,9H2,1H3,(H,19,23)(H,21,22). The number of carboxylic acids is 1. The molecule has 0 radical (unpaired) electrons. The fourth-order valence-corrected chi connectivity index (χ4v) is 2.49. The van der Waals surface area contributed by atoms with E-state index in [4.69, 9.17) is 21.4 Å². The fraction of sp³-hybridized carbons (Fsp3) is 0.176. The highest BCUT2D eigenvalue weighted by Crippen LogP contribution is 2.26. The zero-order valence-electron chi connectivity index (χ0n) is 13.6. The number of halogens is 1. The summed E-state index contributed by atoms with van der Waals surface area (Å²) in [5, 5.41) is 22.5. The summed E-state index contributed by atoms with van der Waals surface area (Å²) in [5.41, 5.74) is 0.161. The summed E-state index contributed by atoms with van der Waals surface area (Å²) in [6, 6.07) is 9.36. The van der Waals surface area contributed by atoms with Gasteiger partial charge in [-0.1, -0.05) is 23.7 Å². The molecule has 0 bridgehead atoms. The van der Waals surface area contributed by atoms with Gasteiger partial charge in [0.05, 0.1) is 24.5 Å². The number of amides is 1. The topological polar surface area (TPSA) is 119 Å². The highest BCUT2D eigenvalue weighted by atomic mass is 35.5. The summed E-state index contributed by atoms with van der Waals surface area (Å²) in [4.78, 5) is 33.8. The van der Waals surface area contributed by atoms with Gasteiger partial charge in [0, 0.05) is 11.6 Å². The highest BCUT2D eigenvalue weighted by Gasteiger charge is 2.21. The van der Waals surface area contributed by atoms with Gasteiger partial charge >= 0.3 is 5.97 Å². The van der Waals surface area contributed by atoms with Crippen LogP contribution >= 0.6 is 11.6 Å². The first-order valence-electron chi connectivity index (χ1n) is 7.42. The third kappa shape index (κ3) is 4.70. The van der Waals surface area contributed by atoms with Crippen LogP contribution in [0.2, 0.25) is 5.02 Å². The van der Waals surface area contributed by atoms with E-state index in [1.807, 2.05) is 0 Å². The van der Waals surface area contributed by atoms with Crippen LogP contribution in [0.1, 0.15) is 28.4 Å². The second-order valence-corrected chi connectivity index (χ2v) is 5.73. The number of aliphatic carboxylic acids is 1. The summed E-state index contributed by atoms with van der Waals surface area (Å²) in [7, 11) is 1.50. The summed E-state index contributed by atoms with van der Waals surface area (Å²) >= 11 is 5.73. The van der Waals surface area contributed by atoms with Crippen LogP contribution in [0.3, 0.4) is 0 Å². The molecular formula is C17H15ClN2O6. The molecule has 0 aliphatic rings. The van der Waals surface area contributed by atoms with Crippen molar-refractivity contribution in [2.45, 2.75) is 12.5 Å². The monoisotopic (exact) mass is 378 g/mol. The molecule has 1 amide bonds. The van der Waals surface area contributed by atoms with Gasteiger partial charge in [0.25, 0.3) is 11.6 Å². The van der Waals surface area contributed by atoms with Crippen molar-refractivity contribution in [1.29, 1.82) is 0 Å². The van der Waals surface area contributed by atoms with E-state index in [-0.39, 0.29) is 17.0 Å². The van der Waals surface area contributed by atoms with Gasteiger partial charge in [-0.25, -0.2) is 0 Å². The lowest BCUT2D eigenvalue weighted by Crippen LogP contribution is -2.30. The number of hydrogen-bond donors (Lipinski definition) is 2. The Kier molecular flexibility index (Phi) is 6.13. The first-order valence-corrected chi connectivity index (χ1v) is 7.80. The Morgan fingerprint density at radius 2 is 1.92 bits per heavy atom. The van der Waals surface area contributed by atoms with E-state index in [0.717, 1.165) is 6.07 Å². The largest absolute Gasteiger partial charge is 0.497 e. The quantitative estimate of drug-likeness (QED) is 0.564. The number of carboxylic acid groups (broad SMARTS) is 1. The summed E-state index contributed by atoms with van der Waals surface area (Å²) in [6.07, 6.45) is -0.353. The van der Waals surface area contributed by atoms with E-state index < -0.39 is 28.5 Å². The molecule has 136 valence electrons. The first-order chi connectivity index (χ1) is 12.3. The van der Waals surface area contributed by atoms with Gasteiger partial charge in [0.2, 0.25) is 0 Å². The minimum absolute atomic E-state index is 0.00463. The van der Waals surface area contributed by atoms with E-state index in [1.54, 1.807) is 24.3 Å². The lowest BCUT2D eigenvalue weighted by molar-refractivity contribution is -0.384. The van der Waals surface area contributed by atoms with Crippen molar-refractivity contribution in [3.05, 3.63) is 68.7 Å². The lowest BCUT2D eigenvalue weighted by Gasteiger charge is -2.18. The molecular weight excluding hydrogens is 364 g/mol. The zero-order valence-corrected chi connectivity index (χ0v) is 14.4. The molecule has 0 aromatic heterocycles.